The molecule has 1 saturated heterocycles. The number of nitrogens with one attached hydrogen (secondary N) is 1. The third kappa shape index (κ3) is 3.49. The van der Waals surface area contributed by atoms with Gasteiger partial charge in [0, 0.05) is 30.7 Å². The molecule has 7 heteroatoms. The number of hydrogen-bond acceptors (Lipinski definition) is 3. The van der Waals surface area contributed by atoms with Crippen molar-refractivity contribution in [2.45, 2.75) is 0 Å². The third-order valence-corrected chi connectivity index (χ3v) is 3.74. The topological polar surface area (TPSA) is 72.9 Å². The molecule has 1 aliphatic heterocycles. The van der Waals surface area contributed by atoms with Gasteiger partial charge in [-0.05, 0) is 25.2 Å². The molecule has 6 nitrogen and oxygen atoms in total. The number of urea groups is 1. The van der Waals surface area contributed by atoms with Crippen molar-refractivity contribution < 1.29 is 14.7 Å². The first-order valence-electron chi connectivity index (χ1n) is 6.24. The zero-order chi connectivity index (χ0) is 14.7. The summed E-state index contributed by atoms with van der Waals surface area (Å²) in [5.74, 6) is -1.07. The maximum atomic E-state index is 12.1. The minimum absolute atomic E-state index is 0.0712. The summed E-state index contributed by atoms with van der Waals surface area (Å²) in [4.78, 5) is 27.1. The number of aromatic carboxylic acids is 1. The highest BCUT2D eigenvalue weighted by Crippen LogP contribution is 2.21. The summed E-state index contributed by atoms with van der Waals surface area (Å²) in [5.41, 5.74) is 0.381. The van der Waals surface area contributed by atoms with E-state index >= 15 is 0 Å². The highest BCUT2D eigenvalue weighted by molar-refractivity contribution is 9.10. The van der Waals surface area contributed by atoms with E-state index in [2.05, 4.69) is 26.1 Å². The van der Waals surface area contributed by atoms with E-state index in [9.17, 15) is 9.59 Å². The average molecular weight is 342 g/mol. The van der Waals surface area contributed by atoms with Crippen LogP contribution in [0.2, 0.25) is 0 Å². The predicted molar refractivity (Wildman–Crippen MR) is 79.2 cm³/mol. The molecular weight excluding hydrogens is 326 g/mol. The molecule has 0 atom stereocenters. The Balaban J connectivity index is 2.10. The molecule has 108 valence electrons. The monoisotopic (exact) mass is 341 g/mol. The molecule has 0 radical (unpaired) electrons. The Morgan fingerprint density at radius 2 is 1.90 bits per heavy atom. The zero-order valence-corrected chi connectivity index (χ0v) is 12.7. The summed E-state index contributed by atoms with van der Waals surface area (Å²) in [6.45, 7) is 2.92. The van der Waals surface area contributed by atoms with Crippen LogP contribution in [-0.4, -0.2) is 60.1 Å². The number of carbonyl (C=O) groups excluding carboxylic acids is 1. The first-order chi connectivity index (χ1) is 9.47. The van der Waals surface area contributed by atoms with Gasteiger partial charge in [-0.15, -0.1) is 0 Å². The smallest absolute Gasteiger partial charge is 0.337 e. The molecule has 1 aromatic rings. The lowest BCUT2D eigenvalue weighted by Gasteiger charge is -2.32. The van der Waals surface area contributed by atoms with Gasteiger partial charge in [0.2, 0.25) is 0 Å². The van der Waals surface area contributed by atoms with Gasteiger partial charge in [-0.2, -0.15) is 0 Å². The first-order valence-corrected chi connectivity index (χ1v) is 7.04. The van der Waals surface area contributed by atoms with Crippen LogP contribution < -0.4 is 5.32 Å². The summed E-state index contributed by atoms with van der Waals surface area (Å²) in [6, 6.07) is 4.50. The molecule has 0 saturated carbocycles. The van der Waals surface area contributed by atoms with E-state index in [0.717, 1.165) is 13.1 Å². The van der Waals surface area contributed by atoms with Crippen LogP contribution in [0.15, 0.2) is 22.7 Å². The molecule has 0 unspecified atom stereocenters. The Hall–Kier alpha value is -1.60. The largest absolute Gasteiger partial charge is 0.478 e. The second kappa shape index (κ2) is 6.23. The maximum Gasteiger partial charge on any atom is 0.337 e. The van der Waals surface area contributed by atoms with E-state index in [1.165, 1.54) is 6.07 Å². The van der Waals surface area contributed by atoms with Gasteiger partial charge in [-0.3, -0.25) is 0 Å². The van der Waals surface area contributed by atoms with E-state index < -0.39 is 5.97 Å². The van der Waals surface area contributed by atoms with Crippen molar-refractivity contribution in [2.75, 3.05) is 38.5 Å². The van der Waals surface area contributed by atoms with E-state index in [4.69, 9.17) is 5.11 Å². The van der Waals surface area contributed by atoms with Crippen LogP contribution in [0, 0.1) is 0 Å². The summed E-state index contributed by atoms with van der Waals surface area (Å²) in [7, 11) is 2.01. The van der Waals surface area contributed by atoms with E-state index in [1.807, 2.05) is 7.05 Å². The summed E-state index contributed by atoms with van der Waals surface area (Å²) in [6.07, 6.45) is 0. The second-order valence-corrected chi connectivity index (χ2v) is 5.63. The highest BCUT2D eigenvalue weighted by atomic mass is 79.9. The number of carboxylic acids is 1. The number of hydrogen-bond donors (Lipinski definition) is 2. The minimum atomic E-state index is -1.07. The lowest BCUT2D eigenvalue weighted by atomic mass is 10.2. The fraction of sp³-hybridized carbons (Fsp3) is 0.385. The van der Waals surface area contributed by atoms with E-state index in [-0.39, 0.29) is 11.6 Å². The van der Waals surface area contributed by atoms with Crippen molar-refractivity contribution in [3.05, 3.63) is 28.2 Å². The standard InChI is InChI=1S/C13H16BrN3O3/c1-16-4-6-17(7-5-16)13(20)15-11-3-2-9(14)8-10(11)12(18)19/h2-3,8H,4-7H2,1H3,(H,15,20)(H,18,19). The predicted octanol–water partition coefficient (Wildman–Crippen LogP) is 1.93. The number of likely N-dealkylation sites (N-methyl/N-ethyl adjacent to an activating group) is 1. The van der Waals surface area contributed by atoms with Gasteiger partial charge in [-0.1, -0.05) is 15.9 Å². The molecule has 1 aromatic carbocycles. The Bertz CT molecular complexity index is 528. The molecule has 1 fully saturated rings. The van der Waals surface area contributed by atoms with Crippen LogP contribution in [0.5, 0.6) is 0 Å². The third-order valence-electron chi connectivity index (χ3n) is 3.24. The maximum absolute atomic E-state index is 12.1. The molecular formula is C13H16BrN3O3. The van der Waals surface area contributed by atoms with Gasteiger partial charge >= 0.3 is 12.0 Å². The van der Waals surface area contributed by atoms with Crippen LogP contribution in [0.4, 0.5) is 10.5 Å². The Kier molecular flexibility index (Phi) is 4.61. The number of benzene rings is 1. The van der Waals surface area contributed by atoms with Crippen LogP contribution in [0.1, 0.15) is 10.4 Å². The van der Waals surface area contributed by atoms with Gasteiger partial charge in [-0.25, -0.2) is 9.59 Å². The summed E-state index contributed by atoms with van der Waals surface area (Å²) < 4.78 is 0.660. The van der Waals surface area contributed by atoms with Crippen LogP contribution >= 0.6 is 15.9 Å². The second-order valence-electron chi connectivity index (χ2n) is 4.72. The Labute approximate surface area is 125 Å². The van der Waals surface area contributed by atoms with Crippen molar-refractivity contribution >= 4 is 33.6 Å². The van der Waals surface area contributed by atoms with Crippen LogP contribution in [-0.2, 0) is 0 Å². The highest BCUT2D eigenvalue weighted by Gasteiger charge is 2.20. The van der Waals surface area contributed by atoms with E-state index in [0.29, 0.717) is 23.2 Å². The number of carbonyl (C=O) groups is 2. The van der Waals surface area contributed by atoms with Gasteiger partial charge in [0.1, 0.15) is 0 Å². The summed E-state index contributed by atoms with van der Waals surface area (Å²) >= 11 is 3.22. The zero-order valence-electron chi connectivity index (χ0n) is 11.1. The SMILES string of the molecule is CN1CCN(C(=O)Nc2ccc(Br)cc2C(=O)O)CC1. The normalized spacial score (nSPS) is 16.0. The lowest BCUT2D eigenvalue weighted by Crippen LogP contribution is -2.48. The molecule has 2 rings (SSSR count). The van der Waals surface area contributed by atoms with Crippen molar-refractivity contribution in [1.29, 1.82) is 0 Å². The molecule has 0 bridgehead atoms. The van der Waals surface area contributed by atoms with Crippen LogP contribution in [0.25, 0.3) is 0 Å². The molecule has 0 spiro atoms. The molecule has 0 aromatic heterocycles. The lowest BCUT2D eigenvalue weighted by molar-refractivity contribution is 0.0698. The fourth-order valence-electron chi connectivity index (χ4n) is 2.01. The molecule has 1 aliphatic rings. The van der Waals surface area contributed by atoms with Gasteiger partial charge < -0.3 is 20.2 Å². The molecule has 2 amide bonds. The number of piperazine rings is 1. The molecule has 20 heavy (non-hydrogen) atoms. The number of nitrogens with zero attached hydrogens (tertiary/aromatic N) is 2. The number of halogens is 1. The Morgan fingerprint density at radius 3 is 2.50 bits per heavy atom. The van der Waals surface area contributed by atoms with Crippen molar-refractivity contribution in [2.24, 2.45) is 0 Å². The minimum Gasteiger partial charge on any atom is -0.478 e. The average Bonchev–Trinajstić information content (AvgIpc) is 2.41. The number of carboxylic acid groups (broad SMARTS) is 1. The van der Waals surface area contributed by atoms with Gasteiger partial charge in [0.05, 0.1) is 11.3 Å². The quantitative estimate of drug-likeness (QED) is 0.861. The molecule has 2 N–H and O–H groups in total. The van der Waals surface area contributed by atoms with E-state index in [1.54, 1.807) is 17.0 Å². The van der Waals surface area contributed by atoms with Gasteiger partial charge in [0.15, 0.2) is 0 Å². The number of rotatable bonds is 2. The van der Waals surface area contributed by atoms with Gasteiger partial charge in [0.25, 0.3) is 0 Å². The first kappa shape index (κ1) is 14.8. The summed E-state index contributed by atoms with van der Waals surface area (Å²) in [5, 5.41) is 11.8. The van der Waals surface area contributed by atoms with Crippen molar-refractivity contribution in [3.63, 3.8) is 0 Å². The number of anilines is 1. The Morgan fingerprint density at radius 1 is 1.25 bits per heavy atom. The fourth-order valence-corrected chi connectivity index (χ4v) is 2.37. The van der Waals surface area contributed by atoms with Crippen molar-refractivity contribution in [3.8, 4) is 0 Å². The molecule has 0 aliphatic carbocycles. The van der Waals surface area contributed by atoms with Crippen LogP contribution in [0.3, 0.4) is 0 Å². The molecule has 1 heterocycles. The van der Waals surface area contributed by atoms with Crippen molar-refractivity contribution in [1.82, 2.24) is 9.80 Å². The number of amides is 2.